The highest BCUT2D eigenvalue weighted by atomic mass is 32.1. The summed E-state index contributed by atoms with van der Waals surface area (Å²) in [5.41, 5.74) is 7.91. The van der Waals surface area contributed by atoms with Crippen LogP contribution in [0.4, 0.5) is 0 Å². The molecule has 3 aromatic rings. The normalized spacial score (nSPS) is 11.1. The second-order valence-electron chi connectivity index (χ2n) is 3.43. The third-order valence-corrected chi connectivity index (χ3v) is 3.29. The minimum Gasteiger partial charge on any atom is -0.324 e. The molecule has 4 nitrogen and oxygen atoms in total. The molecular weight excluding hydrogens is 220 g/mol. The minimum atomic E-state index is 0.401. The SMILES string of the molecule is NCc1nnc2scc(-c3ccccc3)n12. The Morgan fingerprint density at radius 1 is 1.19 bits per heavy atom. The second kappa shape index (κ2) is 3.70. The average molecular weight is 230 g/mol. The Kier molecular flexibility index (Phi) is 2.19. The molecule has 0 aliphatic carbocycles. The average Bonchev–Trinajstić information content (AvgIpc) is 2.90. The number of thiazole rings is 1. The molecule has 0 saturated heterocycles. The Hall–Kier alpha value is -1.72. The summed E-state index contributed by atoms with van der Waals surface area (Å²) >= 11 is 1.58. The van der Waals surface area contributed by atoms with Crippen LogP contribution >= 0.6 is 11.3 Å². The van der Waals surface area contributed by atoms with Crippen LogP contribution in [0.1, 0.15) is 5.82 Å². The number of nitrogens with two attached hydrogens (primary N) is 1. The minimum absolute atomic E-state index is 0.401. The van der Waals surface area contributed by atoms with E-state index in [1.807, 2.05) is 22.6 Å². The summed E-state index contributed by atoms with van der Waals surface area (Å²) in [5.74, 6) is 0.801. The lowest BCUT2D eigenvalue weighted by Crippen LogP contribution is -2.02. The molecule has 0 bridgehead atoms. The first-order valence-electron chi connectivity index (χ1n) is 4.97. The van der Waals surface area contributed by atoms with E-state index < -0.39 is 0 Å². The van der Waals surface area contributed by atoms with Gasteiger partial charge in [-0.3, -0.25) is 4.40 Å². The number of hydrogen-bond acceptors (Lipinski definition) is 4. The van der Waals surface area contributed by atoms with Crippen molar-refractivity contribution in [2.45, 2.75) is 6.54 Å². The van der Waals surface area contributed by atoms with E-state index >= 15 is 0 Å². The van der Waals surface area contributed by atoms with Crippen molar-refractivity contribution in [1.29, 1.82) is 0 Å². The van der Waals surface area contributed by atoms with E-state index in [1.165, 1.54) is 0 Å². The topological polar surface area (TPSA) is 56.2 Å². The van der Waals surface area contributed by atoms with E-state index in [2.05, 4.69) is 27.7 Å². The van der Waals surface area contributed by atoms with E-state index in [0.29, 0.717) is 6.54 Å². The van der Waals surface area contributed by atoms with Gasteiger partial charge in [0.1, 0.15) is 0 Å². The summed E-state index contributed by atoms with van der Waals surface area (Å²) in [5, 5.41) is 10.2. The largest absolute Gasteiger partial charge is 0.324 e. The Bertz CT molecular complexity index is 611. The van der Waals surface area contributed by atoms with Gasteiger partial charge in [-0.1, -0.05) is 30.3 Å². The fourth-order valence-corrected chi connectivity index (χ4v) is 2.57. The van der Waals surface area contributed by atoms with Crippen LogP contribution in [-0.2, 0) is 6.54 Å². The summed E-state index contributed by atoms with van der Waals surface area (Å²) in [4.78, 5) is 0.888. The van der Waals surface area contributed by atoms with E-state index in [9.17, 15) is 0 Å². The molecule has 5 heteroatoms. The number of rotatable bonds is 2. The van der Waals surface area contributed by atoms with Gasteiger partial charge in [0.2, 0.25) is 4.96 Å². The molecule has 3 rings (SSSR count). The molecule has 0 spiro atoms. The highest BCUT2D eigenvalue weighted by Crippen LogP contribution is 2.25. The van der Waals surface area contributed by atoms with Gasteiger partial charge >= 0.3 is 0 Å². The zero-order valence-corrected chi connectivity index (χ0v) is 9.31. The monoisotopic (exact) mass is 230 g/mol. The van der Waals surface area contributed by atoms with Crippen molar-refractivity contribution in [2.75, 3.05) is 0 Å². The summed E-state index contributed by atoms with van der Waals surface area (Å²) in [6, 6.07) is 10.2. The maximum Gasteiger partial charge on any atom is 0.216 e. The Balaban J connectivity index is 2.28. The molecule has 80 valence electrons. The van der Waals surface area contributed by atoms with Crippen LogP contribution in [0, 0.1) is 0 Å². The first-order valence-corrected chi connectivity index (χ1v) is 5.85. The van der Waals surface area contributed by atoms with Gasteiger partial charge < -0.3 is 5.73 Å². The fraction of sp³-hybridized carbons (Fsp3) is 0.0909. The van der Waals surface area contributed by atoms with Gasteiger partial charge in [0.05, 0.1) is 12.2 Å². The summed E-state index contributed by atoms with van der Waals surface area (Å²) in [7, 11) is 0. The highest BCUT2D eigenvalue weighted by molar-refractivity contribution is 7.15. The fourth-order valence-electron chi connectivity index (χ4n) is 1.72. The molecule has 1 aromatic carbocycles. The quantitative estimate of drug-likeness (QED) is 0.731. The third-order valence-electron chi connectivity index (χ3n) is 2.47. The molecule has 0 aliphatic heterocycles. The van der Waals surface area contributed by atoms with Crippen LogP contribution < -0.4 is 5.73 Å². The van der Waals surface area contributed by atoms with Crippen LogP contribution in [0.15, 0.2) is 35.7 Å². The van der Waals surface area contributed by atoms with Crippen molar-refractivity contribution in [3.8, 4) is 11.3 Å². The molecule has 2 N–H and O–H groups in total. The molecule has 0 unspecified atom stereocenters. The van der Waals surface area contributed by atoms with Crippen LogP contribution in [-0.4, -0.2) is 14.6 Å². The first kappa shape index (κ1) is 9.50. The van der Waals surface area contributed by atoms with Gasteiger partial charge in [0, 0.05) is 5.38 Å². The van der Waals surface area contributed by atoms with Crippen molar-refractivity contribution >= 4 is 16.3 Å². The lowest BCUT2D eigenvalue weighted by Gasteiger charge is -2.00. The van der Waals surface area contributed by atoms with E-state index in [4.69, 9.17) is 5.73 Å². The molecule has 0 radical (unpaired) electrons. The van der Waals surface area contributed by atoms with Crippen molar-refractivity contribution in [3.63, 3.8) is 0 Å². The van der Waals surface area contributed by atoms with E-state index in [1.54, 1.807) is 11.3 Å². The summed E-state index contributed by atoms with van der Waals surface area (Å²) < 4.78 is 2.01. The Morgan fingerprint density at radius 3 is 2.75 bits per heavy atom. The van der Waals surface area contributed by atoms with Crippen molar-refractivity contribution < 1.29 is 0 Å². The molecule has 0 fully saturated rings. The van der Waals surface area contributed by atoms with Gasteiger partial charge in [0.25, 0.3) is 0 Å². The maximum atomic E-state index is 5.65. The Labute approximate surface area is 96.4 Å². The zero-order chi connectivity index (χ0) is 11.0. The molecule has 0 atom stereocenters. The van der Waals surface area contributed by atoms with Crippen LogP contribution in [0.25, 0.3) is 16.2 Å². The molecular formula is C11H10N4S. The molecule has 16 heavy (non-hydrogen) atoms. The van der Waals surface area contributed by atoms with Crippen molar-refractivity contribution in [2.24, 2.45) is 5.73 Å². The molecule has 0 aliphatic rings. The lowest BCUT2D eigenvalue weighted by molar-refractivity contribution is 0.887. The molecule has 0 amide bonds. The van der Waals surface area contributed by atoms with Crippen molar-refractivity contribution in [1.82, 2.24) is 14.6 Å². The second-order valence-corrected chi connectivity index (χ2v) is 4.26. The highest BCUT2D eigenvalue weighted by Gasteiger charge is 2.11. The van der Waals surface area contributed by atoms with Gasteiger partial charge in [-0.25, -0.2) is 0 Å². The first-order chi connectivity index (χ1) is 7.90. The van der Waals surface area contributed by atoms with Crippen LogP contribution in [0.3, 0.4) is 0 Å². The summed E-state index contributed by atoms with van der Waals surface area (Å²) in [6.45, 7) is 0.401. The molecule has 0 saturated carbocycles. The van der Waals surface area contributed by atoms with Gasteiger partial charge in [-0.15, -0.1) is 21.5 Å². The maximum absolute atomic E-state index is 5.65. The number of fused-ring (bicyclic) bond motifs is 1. The standard InChI is InChI=1S/C11H10N4S/c12-6-10-13-14-11-15(10)9(7-16-11)8-4-2-1-3-5-8/h1-5,7H,6,12H2. The van der Waals surface area contributed by atoms with Gasteiger partial charge in [0.15, 0.2) is 5.82 Å². The van der Waals surface area contributed by atoms with E-state index in [-0.39, 0.29) is 0 Å². The zero-order valence-electron chi connectivity index (χ0n) is 8.50. The van der Waals surface area contributed by atoms with E-state index in [0.717, 1.165) is 22.0 Å². The smallest absolute Gasteiger partial charge is 0.216 e. The van der Waals surface area contributed by atoms with Crippen LogP contribution in [0.2, 0.25) is 0 Å². The Morgan fingerprint density at radius 2 is 2.00 bits per heavy atom. The number of benzene rings is 1. The number of aromatic nitrogens is 3. The third kappa shape index (κ3) is 1.33. The van der Waals surface area contributed by atoms with Gasteiger partial charge in [-0.05, 0) is 5.56 Å². The molecule has 2 aromatic heterocycles. The molecule has 2 heterocycles. The van der Waals surface area contributed by atoms with Crippen LogP contribution in [0.5, 0.6) is 0 Å². The van der Waals surface area contributed by atoms with Gasteiger partial charge in [-0.2, -0.15) is 0 Å². The lowest BCUT2D eigenvalue weighted by atomic mass is 10.2. The predicted octanol–water partition coefficient (Wildman–Crippen LogP) is 1.92. The number of nitrogens with zero attached hydrogens (tertiary/aromatic N) is 3. The number of hydrogen-bond donors (Lipinski definition) is 1. The van der Waals surface area contributed by atoms with Crippen molar-refractivity contribution in [3.05, 3.63) is 41.5 Å². The summed E-state index contributed by atoms with van der Waals surface area (Å²) in [6.07, 6.45) is 0. The predicted molar refractivity (Wildman–Crippen MR) is 64.2 cm³/mol.